The van der Waals surface area contributed by atoms with E-state index < -0.39 is 12.0 Å². The van der Waals surface area contributed by atoms with Crippen LogP contribution < -0.4 is 10.6 Å². The lowest BCUT2D eigenvalue weighted by Crippen LogP contribution is -2.51. The smallest absolute Gasteiger partial charge is 0.338 e. The number of hydrogen-bond acceptors (Lipinski definition) is 5. The molecule has 1 aromatic carbocycles. The minimum absolute atomic E-state index is 0.363. The van der Waals surface area contributed by atoms with Crippen LogP contribution in [-0.2, 0) is 9.53 Å². The molecule has 150 valence electrons. The van der Waals surface area contributed by atoms with Crippen LogP contribution in [0.1, 0.15) is 11.6 Å². The van der Waals surface area contributed by atoms with E-state index in [1.807, 2.05) is 12.1 Å². The lowest BCUT2D eigenvalue weighted by atomic mass is 9.95. The number of hydrogen-bond donors (Lipinski definition) is 2. The van der Waals surface area contributed by atoms with E-state index in [0.29, 0.717) is 28.4 Å². The van der Waals surface area contributed by atoms with E-state index in [9.17, 15) is 9.59 Å². The number of nitrogens with one attached hydrogen (secondary N) is 2. The molecular formula is C20H25ClN4O3. The van der Waals surface area contributed by atoms with Gasteiger partial charge < -0.3 is 15.4 Å². The van der Waals surface area contributed by atoms with Crippen LogP contribution in [-0.4, -0.2) is 68.2 Å². The Kier molecular flexibility index (Phi) is 6.72. The maximum Gasteiger partial charge on any atom is 0.338 e. The largest absolute Gasteiger partial charge is 0.466 e. The van der Waals surface area contributed by atoms with E-state index >= 15 is 0 Å². The molecule has 0 aliphatic carbocycles. The van der Waals surface area contributed by atoms with Crippen molar-refractivity contribution in [2.24, 2.45) is 0 Å². The van der Waals surface area contributed by atoms with Crippen LogP contribution in [0.3, 0.4) is 0 Å². The fourth-order valence-corrected chi connectivity index (χ4v) is 3.82. The fraction of sp³-hybridized carbons (Fsp3) is 0.400. The Hall–Kier alpha value is -2.35. The number of esters is 1. The van der Waals surface area contributed by atoms with Gasteiger partial charge in [0.25, 0.3) is 0 Å². The number of urea groups is 1. The van der Waals surface area contributed by atoms with E-state index in [4.69, 9.17) is 16.3 Å². The molecule has 0 unspecified atom stereocenters. The Morgan fingerprint density at radius 1 is 1.29 bits per heavy atom. The van der Waals surface area contributed by atoms with Gasteiger partial charge in [0.1, 0.15) is 0 Å². The number of piperazine rings is 1. The van der Waals surface area contributed by atoms with Gasteiger partial charge in [0.15, 0.2) is 0 Å². The number of carbonyl (C=O) groups excluding carboxylic acids is 2. The van der Waals surface area contributed by atoms with E-state index in [-0.39, 0.29) is 6.03 Å². The summed E-state index contributed by atoms with van der Waals surface area (Å²) in [6.45, 7) is 8.60. The summed E-state index contributed by atoms with van der Waals surface area (Å²) in [4.78, 5) is 29.4. The summed E-state index contributed by atoms with van der Waals surface area (Å²) in [6, 6.07) is 6.14. The predicted molar refractivity (Wildman–Crippen MR) is 108 cm³/mol. The number of ether oxygens (including phenoxy) is 1. The summed E-state index contributed by atoms with van der Waals surface area (Å²) in [5, 5.41) is 6.08. The minimum Gasteiger partial charge on any atom is -0.466 e. The van der Waals surface area contributed by atoms with Gasteiger partial charge in [0, 0.05) is 50.0 Å². The number of rotatable bonds is 6. The summed E-state index contributed by atoms with van der Waals surface area (Å²) >= 11 is 6.33. The monoisotopic (exact) mass is 404 g/mol. The van der Waals surface area contributed by atoms with E-state index in [1.54, 1.807) is 18.2 Å². The molecule has 2 N–H and O–H groups in total. The first kappa shape index (κ1) is 20.4. The van der Waals surface area contributed by atoms with Crippen LogP contribution in [0, 0.1) is 0 Å². The van der Waals surface area contributed by atoms with Crippen molar-refractivity contribution in [3.8, 4) is 0 Å². The normalized spacial score (nSPS) is 21.1. The zero-order chi connectivity index (χ0) is 20.1. The molecular weight excluding hydrogens is 380 g/mol. The maximum absolute atomic E-state index is 12.6. The average Bonchev–Trinajstić information content (AvgIpc) is 2.69. The van der Waals surface area contributed by atoms with Gasteiger partial charge in [-0.15, -0.1) is 6.58 Å². The van der Waals surface area contributed by atoms with Crippen molar-refractivity contribution < 1.29 is 14.3 Å². The van der Waals surface area contributed by atoms with E-state index in [0.717, 1.165) is 32.7 Å². The van der Waals surface area contributed by atoms with Gasteiger partial charge in [-0.1, -0.05) is 35.9 Å². The van der Waals surface area contributed by atoms with E-state index in [1.165, 1.54) is 7.11 Å². The lowest BCUT2D eigenvalue weighted by molar-refractivity contribution is -0.136. The fourth-order valence-electron chi connectivity index (χ4n) is 3.57. The lowest BCUT2D eigenvalue weighted by Gasteiger charge is -2.36. The standard InChI is InChI=1S/C20H25ClN4O3/c1-3-8-24-9-11-25(12-10-24)13-16-17(19(26)28-2)18(23-20(27)22-16)14-6-4-5-7-15(14)21/h3-7,18H,1,8-13H2,2H3,(H2,22,23,27)/t18-/m1/s1. The van der Waals surface area contributed by atoms with Crippen LogP contribution in [0.5, 0.6) is 0 Å². The Morgan fingerprint density at radius 3 is 2.61 bits per heavy atom. The van der Waals surface area contributed by atoms with Gasteiger partial charge >= 0.3 is 12.0 Å². The first-order valence-corrected chi connectivity index (χ1v) is 9.60. The Labute approximate surface area is 170 Å². The van der Waals surface area contributed by atoms with Gasteiger partial charge in [-0.05, 0) is 11.6 Å². The molecule has 2 aliphatic heterocycles. The number of methoxy groups -OCH3 is 1. The van der Waals surface area contributed by atoms with Crippen LogP contribution >= 0.6 is 11.6 Å². The second-order valence-corrected chi connectivity index (χ2v) is 7.21. The molecule has 1 saturated heterocycles. The third kappa shape index (κ3) is 4.55. The SMILES string of the molecule is C=CCN1CCN(CC2=C(C(=O)OC)[C@@H](c3ccccc3Cl)NC(=O)N2)CC1. The van der Waals surface area contributed by atoms with Crippen molar-refractivity contribution in [1.82, 2.24) is 20.4 Å². The number of amides is 2. The van der Waals surface area contributed by atoms with Crippen molar-refractivity contribution in [2.45, 2.75) is 6.04 Å². The predicted octanol–water partition coefficient (Wildman–Crippen LogP) is 1.92. The quantitative estimate of drug-likeness (QED) is 0.559. The second-order valence-electron chi connectivity index (χ2n) is 6.80. The topological polar surface area (TPSA) is 73.9 Å². The van der Waals surface area contributed by atoms with Crippen molar-refractivity contribution in [1.29, 1.82) is 0 Å². The molecule has 7 nitrogen and oxygen atoms in total. The molecule has 1 atom stereocenters. The summed E-state index contributed by atoms with van der Waals surface area (Å²) in [6.07, 6.45) is 1.90. The van der Waals surface area contributed by atoms with E-state index in [2.05, 4.69) is 27.0 Å². The summed E-state index contributed by atoms with van der Waals surface area (Å²) in [7, 11) is 1.33. The number of halogens is 1. The highest BCUT2D eigenvalue weighted by atomic mass is 35.5. The molecule has 28 heavy (non-hydrogen) atoms. The minimum atomic E-state index is -0.660. The number of nitrogens with zero attached hydrogens (tertiary/aromatic N) is 2. The zero-order valence-electron chi connectivity index (χ0n) is 15.9. The average molecular weight is 405 g/mol. The molecule has 1 fully saturated rings. The Morgan fingerprint density at radius 2 is 1.96 bits per heavy atom. The van der Waals surface area contributed by atoms with Crippen LogP contribution in [0.4, 0.5) is 4.79 Å². The molecule has 1 aromatic rings. The molecule has 2 amide bonds. The highest BCUT2D eigenvalue weighted by Crippen LogP contribution is 2.32. The molecule has 3 rings (SSSR count). The van der Waals surface area contributed by atoms with Gasteiger partial charge in [-0.2, -0.15) is 0 Å². The number of carbonyl (C=O) groups is 2. The third-order valence-corrected chi connectivity index (χ3v) is 5.35. The summed E-state index contributed by atoms with van der Waals surface area (Å²) in [5.74, 6) is -0.488. The van der Waals surface area contributed by atoms with Gasteiger partial charge in [0.2, 0.25) is 0 Å². The number of benzene rings is 1. The van der Waals surface area contributed by atoms with Crippen LogP contribution in [0.25, 0.3) is 0 Å². The van der Waals surface area contributed by atoms with Crippen molar-refractivity contribution in [3.63, 3.8) is 0 Å². The highest BCUT2D eigenvalue weighted by molar-refractivity contribution is 6.31. The van der Waals surface area contributed by atoms with Gasteiger partial charge in [0.05, 0.1) is 18.7 Å². The van der Waals surface area contributed by atoms with Crippen LogP contribution in [0.2, 0.25) is 5.02 Å². The molecule has 0 radical (unpaired) electrons. The summed E-state index contributed by atoms with van der Waals surface area (Å²) in [5.41, 5.74) is 1.59. The highest BCUT2D eigenvalue weighted by Gasteiger charge is 2.35. The molecule has 8 heteroatoms. The first-order valence-electron chi connectivity index (χ1n) is 9.22. The van der Waals surface area contributed by atoms with Crippen molar-refractivity contribution >= 4 is 23.6 Å². The third-order valence-electron chi connectivity index (χ3n) is 5.01. The molecule has 0 spiro atoms. The molecule has 2 aliphatic rings. The second kappa shape index (κ2) is 9.23. The van der Waals surface area contributed by atoms with Crippen LogP contribution in [0.15, 0.2) is 48.2 Å². The molecule has 0 bridgehead atoms. The molecule has 0 aromatic heterocycles. The Balaban J connectivity index is 1.88. The summed E-state index contributed by atoms with van der Waals surface area (Å²) < 4.78 is 5.02. The molecule has 2 heterocycles. The van der Waals surface area contributed by atoms with Crippen molar-refractivity contribution in [3.05, 3.63) is 58.8 Å². The van der Waals surface area contributed by atoms with Crippen molar-refractivity contribution in [2.75, 3.05) is 46.4 Å². The maximum atomic E-state index is 12.6. The van der Waals surface area contributed by atoms with Gasteiger partial charge in [-0.3, -0.25) is 9.80 Å². The first-order chi connectivity index (χ1) is 13.5. The zero-order valence-corrected chi connectivity index (χ0v) is 16.7. The molecule has 0 saturated carbocycles. The Bertz CT molecular complexity index is 787. The van der Waals surface area contributed by atoms with Gasteiger partial charge in [-0.25, -0.2) is 9.59 Å².